The summed E-state index contributed by atoms with van der Waals surface area (Å²) in [6.45, 7) is 9.81. The maximum Gasteiger partial charge on any atom is 0.224 e. The molecule has 1 aromatic rings. The highest BCUT2D eigenvalue weighted by molar-refractivity contribution is 5.78. The fourth-order valence-electron chi connectivity index (χ4n) is 2.85. The Kier molecular flexibility index (Phi) is 7.36. The number of benzene rings is 1. The Morgan fingerprint density at radius 1 is 1.13 bits per heavy atom. The Morgan fingerprint density at radius 2 is 1.78 bits per heavy atom. The molecule has 0 unspecified atom stereocenters. The Labute approximate surface area is 139 Å². The second-order valence-electron chi connectivity index (χ2n) is 6.00. The van der Waals surface area contributed by atoms with E-state index in [0.29, 0.717) is 6.42 Å². The van der Waals surface area contributed by atoms with Crippen LogP contribution in [0.4, 0.5) is 0 Å². The molecule has 0 saturated carbocycles. The summed E-state index contributed by atoms with van der Waals surface area (Å²) in [6, 6.07) is 7.65. The molecule has 1 aliphatic heterocycles. The van der Waals surface area contributed by atoms with E-state index >= 15 is 0 Å². The van der Waals surface area contributed by atoms with Crippen molar-refractivity contribution in [3.05, 3.63) is 29.8 Å². The average Bonchev–Trinajstić information content (AvgIpc) is 2.60. The highest BCUT2D eigenvalue weighted by Gasteiger charge is 2.14. The molecule has 1 aromatic carbocycles. The van der Waals surface area contributed by atoms with Crippen molar-refractivity contribution in [3.8, 4) is 5.75 Å². The van der Waals surface area contributed by atoms with E-state index in [2.05, 4.69) is 22.0 Å². The first-order valence-corrected chi connectivity index (χ1v) is 8.55. The number of carbonyl (C=O) groups excluding carboxylic acids is 1. The summed E-state index contributed by atoms with van der Waals surface area (Å²) in [5.74, 6) is 0.906. The van der Waals surface area contributed by atoms with E-state index in [0.717, 1.165) is 50.5 Å². The topological polar surface area (TPSA) is 44.8 Å². The van der Waals surface area contributed by atoms with Gasteiger partial charge in [-0.2, -0.15) is 0 Å². The summed E-state index contributed by atoms with van der Waals surface area (Å²) >= 11 is 0. The molecule has 0 aliphatic carbocycles. The van der Waals surface area contributed by atoms with Gasteiger partial charge in [-0.1, -0.05) is 19.1 Å². The highest BCUT2D eigenvalue weighted by Crippen LogP contribution is 2.11. The summed E-state index contributed by atoms with van der Waals surface area (Å²) in [4.78, 5) is 16.9. The first kappa shape index (κ1) is 17.8. The number of rotatable bonds is 8. The summed E-state index contributed by atoms with van der Waals surface area (Å²) in [7, 11) is 1.64. The largest absolute Gasteiger partial charge is 0.497 e. The fraction of sp³-hybridized carbons (Fsp3) is 0.611. The van der Waals surface area contributed by atoms with E-state index in [1.54, 1.807) is 7.11 Å². The van der Waals surface area contributed by atoms with Crippen LogP contribution in [0.5, 0.6) is 5.75 Å². The molecule has 5 nitrogen and oxygen atoms in total. The monoisotopic (exact) mass is 319 g/mol. The lowest BCUT2D eigenvalue weighted by atomic mass is 10.1. The van der Waals surface area contributed by atoms with Crippen LogP contribution < -0.4 is 10.1 Å². The molecule has 23 heavy (non-hydrogen) atoms. The Morgan fingerprint density at radius 3 is 2.39 bits per heavy atom. The predicted octanol–water partition coefficient (Wildman–Crippen LogP) is 1.38. The fourth-order valence-corrected chi connectivity index (χ4v) is 2.85. The molecule has 0 aromatic heterocycles. The summed E-state index contributed by atoms with van der Waals surface area (Å²) in [5, 5.41) is 3.01. The Balaban J connectivity index is 1.57. The maximum atomic E-state index is 11.9. The molecule has 2 rings (SSSR count). The van der Waals surface area contributed by atoms with Gasteiger partial charge in [-0.15, -0.1) is 0 Å². The molecule has 0 atom stereocenters. The zero-order valence-electron chi connectivity index (χ0n) is 14.4. The van der Waals surface area contributed by atoms with Crippen molar-refractivity contribution >= 4 is 5.91 Å². The molecule has 128 valence electrons. The van der Waals surface area contributed by atoms with Gasteiger partial charge in [-0.3, -0.25) is 4.79 Å². The molecule has 0 radical (unpaired) electrons. The molecule has 0 bridgehead atoms. The third kappa shape index (κ3) is 6.20. The lowest BCUT2D eigenvalue weighted by molar-refractivity contribution is -0.120. The van der Waals surface area contributed by atoms with Crippen LogP contribution in [0.25, 0.3) is 0 Å². The van der Waals surface area contributed by atoms with Gasteiger partial charge in [-0.05, 0) is 37.2 Å². The van der Waals surface area contributed by atoms with Gasteiger partial charge in [0.25, 0.3) is 0 Å². The van der Waals surface area contributed by atoms with Crippen molar-refractivity contribution < 1.29 is 9.53 Å². The summed E-state index contributed by atoms with van der Waals surface area (Å²) in [6.07, 6.45) is 1.44. The van der Waals surface area contributed by atoms with Crippen molar-refractivity contribution in [2.24, 2.45) is 0 Å². The highest BCUT2D eigenvalue weighted by atomic mass is 16.5. The van der Waals surface area contributed by atoms with Crippen LogP contribution in [0, 0.1) is 0 Å². The Hall–Kier alpha value is -1.59. The van der Waals surface area contributed by atoms with Gasteiger partial charge in [0, 0.05) is 32.7 Å². The third-order valence-electron chi connectivity index (χ3n) is 4.41. The molecule has 0 spiro atoms. The molecule has 1 N–H and O–H groups in total. The van der Waals surface area contributed by atoms with Gasteiger partial charge in [-0.25, -0.2) is 0 Å². The number of nitrogens with zero attached hydrogens (tertiary/aromatic N) is 2. The number of ether oxygens (including phenoxy) is 1. The minimum Gasteiger partial charge on any atom is -0.497 e. The molecule has 1 saturated heterocycles. The van der Waals surface area contributed by atoms with Gasteiger partial charge in [0.1, 0.15) is 5.75 Å². The molecule has 1 heterocycles. The minimum absolute atomic E-state index is 0.0889. The van der Waals surface area contributed by atoms with Crippen LogP contribution in [0.1, 0.15) is 18.9 Å². The summed E-state index contributed by atoms with van der Waals surface area (Å²) in [5.41, 5.74) is 1.01. The molecule has 1 amide bonds. The standard InChI is InChI=1S/C18H29N3O2/c1-3-20-11-13-21(14-12-20)10-4-9-19-18(22)15-16-5-7-17(23-2)8-6-16/h5-8H,3-4,9-15H2,1-2H3,(H,19,22). The van der Waals surface area contributed by atoms with Crippen molar-refractivity contribution in [2.45, 2.75) is 19.8 Å². The first-order chi connectivity index (χ1) is 11.2. The number of hydrogen-bond acceptors (Lipinski definition) is 4. The van der Waals surface area contributed by atoms with Crippen LogP contribution in [0.2, 0.25) is 0 Å². The molecule has 1 fully saturated rings. The normalized spacial score (nSPS) is 16.3. The molecular formula is C18H29N3O2. The lowest BCUT2D eigenvalue weighted by Crippen LogP contribution is -2.46. The zero-order chi connectivity index (χ0) is 16.5. The third-order valence-corrected chi connectivity index (χ3v) is 4.41. The second-order valence-corrected chi connectivity index (χ2v) is 6.00. The van der Waals surface area contributed by atoms with Crippen LogP contribution >= 0.6 is 0 Å². The van der Waals surface area contributed by atoms with Crippen LogP contribution in [-0.2, 0) is 11.2 Å². The van der Waals surface area contributed by atoms with Crippen molar-refractivity contribution in [1.29, 1.82) is 0 Å². The van der Waals surface area contributed by atoms with E-state index in [4.69, 9.17) is 4.74 Å². The Bertz CT molecular complexity index is 468. The van der Waals surface area contributed by atoms with Crippen LogP contribution in [0.3, 0.4) is 0 Å². The minimum atomic E-state index is 0.0889. The second kappa shape index (κ2) is 9.53. The average molecular weight is 319 g/mol. The molecule has 5 heteroatoms. The number of piperazine rings is 1. The lowest BCUT2D eigenvalue weighted by Gasteiger charge is -2.33. The quantitative estimate of drug-likeness (QED) is 0.735. The predicted molar refractivity (Wildman–Crippen MR) is 92.9 cm³/mol. The van der Waals surface area contributed by atoms with Gasteiger partial charge in [0.05, 0.1) is 13.5 Å². The van der Waals surface area contributed by atoms with E-state index in [-0.39, 0.29) is 5.91 Å². The molecule has 1 aliphatic rings. The number of nitrogens with one attached hydrogen (secondary N) is 1. The van der Waals surface area contributed by atoms with E-state index in [9.17, 15) is 4.79 Å². The van der Waals surface area contributed by atoms with Crippen molar-refractivity contribution in [2.75, 3.05) is 52.9 Å². The maximum absolute atomic E-state index is 11.9. The van der Waals surface area contributed by atoms with E-state index < -0.39 is 0 Å². The number of hydrogen-bond donors (Lipinski definition) is 1. The van der Waals surface area contributed by atoms with E-state index in [1.165, 1.54) is 13.1 Å². The van der Waals surface area contributed by atoms with Crippen LogP contribution in [-0.4, -0.2) is 68.6 Å². The van der Waals surface area contributed by atoms with Crippen molar-refractivity contribution in [3.63, 3.8) is 0 Å². The van der Waals surface area contributed by atoms with Gasteiger partial charge >= 0.3 is 0 Å². The van der Waals surface area contributed by atoms with Gasteiger partial charge < -0.3 is 19.9 Å². The number of likely N-dealkylation sites (N-methyl/N-ethyl adjacent to an activating group) is 1. The van der Waals surface area contributed by atoms with E-state index in [1.807, 2.05) is 24.3 Å². The smallest absolute Gasteiger partial charge is 0.224 e. The van der Waals surface area contributed by atoms with Crippen LogP contribution in [0.15, 0.2) is 24.3 Å². The molecular weight excluding hydrogens is 290 g/mol. The first-order valence-electron chi connectivity index (χ1n) is 8.55. The summed E-state index contributed by atoms with van der Waals surface area (Å²) < 4.78 is 5.12. The van der Waals surface area contributed by atoms with Gasteiger partial charge in [0.2, 0.25) is 5.91 Å². The number of methoxy groups -OCH3 is 1. The van der Waals surface area contributed by atoms with Gasteiger partial charge in [0.15, 0.2) is 0 Å². The SMILES string of the molecule is CCN1CCN(CCCNC(=O)Cc2ccc(OC)cc2)CC1. The number of amides is 1. The number of carbonyl (C=O) groups is 1. The van der Waals surface area contributed by atoms with Crippen molar-refractivity contribution in [1.82, 2.24) is 15.1 Å². The zero-order valence-corrected chi connectivity index (χ0v) is 14.4.